The number of benzene rings is 1. The van der Waals surface area contributed by atoms with Gasteiger partial charge in [0, 0.05) is 6.04 Å². The zero-order chi connectivity index (χ0) is 17.7. The Balaban J connectivity index is 1.85. The van der Waals surface area contributed by atoms with Gasteiger partial charge in [0.05, 0.1) is 30.7 Å². The number of carbonyl (C=O) groups is 1. The van der Waals surface area contributed by atoms with Gasteiger partial charge in [0.25, 0.3) is 0 Å². The molecule has 0 bridgehead atoms. The molecular formula is C17H26N2O4S. The molecule has 1 aliphatic rings. The van der Waals surface area contributed by atoms with Crippen molar-refractivity contribution in [2.75, 3.05) is 31.7 Å². The standard InChI is InChI=1S/C17H26N2O4S/c1-4-23-16-7-5-14(6-8-16)13(2)18-17(20)11-19(3)15-9-10-24(21,22)12-15/h5-8,13,15H,4,9-12H2,1-3H3,(H,18,20)/t13-,15+/m0/s1. The molecule has 0 unspecified atom stereocenters. The van der Waals surface area contributed by atoms with E-state index < -0.39 is 9.84 Å². The molecular weight excluding hydrogens is 328 g/mol. The number of hydrogen-bond acceptors (Lipinski definition) is 5. The minimum absolute atomic E-state index is 0.0680. The van der Waals surface area contributed by atoms with Gasteiger partial charge in [-0.25, -0.2) is 8.42 Å². The third-order valence-corrected chi connectivity index (χ3v) is 6.04. The second kappa shape index (κ2) is 7.98. The van der Waals surface area contributed by atoms with Crippen molar-refractivity contribution in [3.63, 3.8) is 0 Å². The van der Waals surface area contributed by atoms with Crippen molar-refractivity contribution in [2.24, 2.45) is 0 Å². The molecule has 0 aromatic heterocycles. The van der Waals surface area contributed by atoms with E-state index in [0.29, 0.717) is 13.0 Å². The molecule has 7 heteroatoms. The quantitative estimate of drug-likeness (QED) is 0.801. The van der Waals surface area contributed by atoms with Crippen LogP contribution in [0, 0.1) is 0 Å². The molecule has 0 spiro atoms. The number of rotatable bonds is 7. The van der Waals surface area contributed by atoms with Crippen molar-refractivity contribution in [1.82, 2.24) is 10.2 Å². The van der Waals surface area contributed by atoms with Gasteiger partial charge in [-0.1, -0.05) is 12.1 Å². The van der Waals surface area contributed by atoms with Crippen LogP contribution in [0.25, 0.3) is 0 Å². The van der Waals surface area contributed by atoms with Crippen LogP contribution >= 0.6 is 0 Å². The highest BCUT2D eigenvalue weighted by Crippen LogP contribution is 2.18. The molecule has 2 atom stereocenters. The average Bonchev–Trinajstić information content (AvgIpc) is 2.88. The first kappa shape index (κ1) is 18.7. The summed E-state index contributed by atoms with van der Waals surface area (Å²) in [6.45, 7) is 4.67. The fourth-order valence-electron chi connectivity index (χ4n) is 2.87. The summed E-state index contributed by atoms with van der Waals surface area (Å²) in [6, 6.07) is 7.45. The molecule has 0 saturated carbocycles. The Bertz CT molecular complexity index is 658. The van der Waals surface area contributed by atoms with E-state index >= 15 is 0 Å². The summed E-state index contributed by atoms with van der Waals surface area (Å²) in [6.07, 6.45) is 0.598. The van der Waals surface area contributed by atoms with Crippen molar-refractivity contribution in [3.05, 3.63) is 29.8 Å². The Morgan fingerprint density at radius 3 is 2.58 bits per heavy atom. The summed E-state index contributed by atoms with van der Waals surface area (Å²) in [5.41, 5.74) is 0.998. The molecule has 6 nitrogen and oxygen atoms in total. The number of nitrogens with one attached hydrogen (secondary N) is 1. The lowest BCUT2D eigenvalue weighted by molar-refractivity contribution is -0.123. The lowest BCUT2D eigenvalue weighted by atomic mass is 10.1. The Morgan fingerprint density at radius 2 is 2.04 bits per heavy atom. The molecule has 1 aromatic rings. The minimum Gasteiger partial charge on any atom is -0.494 e. The zero-order valence-corrected chi connectivity index (χ0v) is 15.3. The first-order valence-corrected chi connectivity index (χ1v) is 10.1. The first-order chi connectivity index (χ1) is 11.3. The minimum atomic E-state index is -2.94. The number of likely N-dealkylation sites (N-methyl/N-ethyl adjacent to an activating group) is 1. The largest absolute Gasteiger partial charge is 0.494 e. The van der Waals surface area contributed by atoms with Crippen LogP contribution in [0.3, 0.4) is 0 Å². The fraction of sp³-hybridized carbons (Fsp3) is 0.588. The summed E-state index contributed by atoms with van der Waals surface area (Å²) in [4.78, 5) is 14.0. The van der Waals surface area contributed by atoms with E-state index in [1.165, 1.54) is 0 Å². The van der Waals surface area contributed by atoms with E-state index in [1.807, 2.05) is 43.0 Å². The van der Waals surface area contributed by atoms with Crippen molar-refractivity contribution in [3.8, 4) is 5.75 Å². The van der Waals surface area contributed by atoms with Gasteiger partial charge in [-0.15, -0.1) is 0 Å². The lowest BCUT2D eigenvalue weighted by Gasteiger charge is -2.23. The van der Waals surface area contributed by atoms with E-state index in [-0.39, 0.29) is 36.0 Å². The Morgan fingerprint density at radius 1 is 1.38 bits per heavy atom. The number of sulfone groups is 1. The number of hydrogen-bond donors (Lipinski definition) is 1. The van der Waals surface area contributed by atoms with Crippen molar-refractivity contribution >= 4 is 15.7 Å². The molecule has 1 N–H and O–H groups in total. The summed E-state index contributed by atoms with van der Waals surface area (Å²) in [7, 11) is -1.14. The van der Waals surface area contributed by atoms with Crippen LogP contribution in [0.5, 0.6) is 5.75 Å². The highest BCUT2D eigenvalue weighted by atomic mass is 32.2. The van der Waals surface area contributed by atoms with E-state index in [2.05, 4.69) is 5.32 Å². The SMILES string of the molecule is CCOc1ccc([C@H](C)NC(=O)CN(C)[C@@H]2CCS(=O)(=O)C2)cc1. The third-order valence-electron chi connectivity index (χ3n) is 4.29. The number of amides is 1. The first-order valence-electron chi connectivity index (χ1n) is 8.23. The lowest BCUT2D eigenvalue weighted by Crippen LogP contribution is -2.41. The van der Waals surface area contributed by atoms with Gasteiger partial charge in [0.1, 0.15) is 5.75 Å². The average molecular weight is 354 g/mol. The van der Waals surface area contributed by atoms with Gasteiger partial charge in [0.2, 0.25) is 5.91 Å². The maximum Gasteiger partial charge on any atom is 0.234 e. The zero-order valence-electron chi connectivity index (χ0n) is 14.5. The molecule has 1 aromatic carbocycles. The van der Waals surface area contributed by atoms with Gasteiger partial charge < -0.3 is 10.1 Å². The highest BCUT2D eigenvalue weighted by molar-refractivity contribution is 7.91. The highest BCUT2D eigenvalue weighted by Gasteiger charge is 2.31. The molecule has 2 rings (SSSR count). The normalized spacial score (nSPS) is 20.8. The molecule has 24 heavy (non-hydrogen) atoms. The van der Waals surface area contributed by atoms with Gasteiger partial charge >= 0.3 is 0 Å². The summed E-state index contributed by atoms with van der Waals surface area (Å²) < 4.78 is 28.5. The number of nitrogens with zero attached hydrogens (tertiary/aromatic N) is 1. The summed E-state index contributed by atoms with van der Waals surface area (Å²) >= 11 is 0. The molecule has 1 saturated heterocycles. The summed E-state index contributed by atoms with van der Waals surface area (Å²) in [5, 5.41) is 2.95. The smallest absolute Gasteiger partial charge is 0.234 e. The van der Waals surface area contributed by atoms with Crippen LogP contribution in [0.2, 0.25) is 0 Å². The predicted octanol–water partition coefficient (Wildman–Crippen LogP) is 1.38. The van der Waals surface area contributed by atoms with Crippen LogP contribution in [0.1, 0.15) is 31.9 Å². The summed E-state index contributed by atoms with van der Waals surface area (Å²) in [5.74, 6) is 1.06. The number of ether oxygens (including phenoxy) is 1. The van der Waals surface area contributed by atoms with Crippen LogP contribution < -0.4 is 10.1 Å². The molecule has 0 aliphatic carbocycles. The molecule has 1 fully saturated rings. The van der Waals surface area contributed by atoms with E-state index in [4.69, 9.17) is 4.74 Å². The van der Waals surface area contributed by atoms with Gasteiger partial charge in [-0.05, 0) is 45.0 Å². The van der Waals surface area contributed by atoms with Gasteiger partial charge in [-0.2, -0.15) is 0 Å². The van der Waals surface area contributed by atoms with Crippen molar-refractivity contribution in [1.29, 1.82) is 0 Å². The van der Waals surface area contributed by atoms with Crippen LogP contribution in [0.4, 0.5) is 0 Å². The Labute approximate surface area is 144 Å². The van der Waals surface area contributed by atoms with Crippen LogP contribution in [-0.2, 0) is 14.6 Å². The molecule has 1 amide bonds. The molecule has 134 valence electrons. The van der Waals surface area contributed by atoms with Gasteiger partial charge in [-0.3, -0.25) is 9.69 Å². The van der Waals surface area contributed by atoms with E-state index in [0.717, 1.165) is 11.3 Å². The maximum atomic E-state index is 12.2. The molecule has 1 aliphatic heterocycles. The Kier molecular flexibility index (Phi) is 6.23. The predicted molar refractivity (Wildman–Crippen MR) is 93.9 cm³/mol. The Hall–Kier alpha value is -1.60. The maximum absolute atomic E-state index is 12.2. The fourth-order valence-corrected chi connectivity index (χ4v) is 4.67. The number of carbonyl (C=O) groups excluding carboxylic acids is 1. The second-order valence-electron chi connectivity index (χ2n) is 6.26. The van der Waals surface area contributed by atoms with E-state index in [1.54, 1.807) is 7.05 Å². The van der Waals surface area contributed by atoms with Gasteiger partial charge in [0.15, 0.2) is 9.84 Å². The second-order valence-corrected chi connectivity index (χ2v) is 8.49. The van der Waals surface area contributed by atoms with Crippen LogP contribution in [-0.4, -0.2) is 57.0 Å². The van der Waals surface area contributed by atoms with Crippen molar-refractivity contribution in [2.45, 2.75) is 32.4 Å². The van der Waals surface area contributed by atoms with Crippen LogP contribution in [0.15, 0.2) is 24.3 Å². The van der Waals surface area contributed by atoms with Crippen molar-refractivity contribution < 1.29 is 17.9 Å². The topological polar surface area (TPSA) is 75.7 Å². The monoisotopic (exact) mass is 354 g/mol. The van der Waals surface area contributed by atoms with E-state index in [9.17, 15) is 13.2 Å². The third kappa shape index (κ3) is 5.21. The molecule has 1 heterocycles. The molecule has 0 radical (unpaired) electrons.